The van der Waals surface area contributed by atoms with Crippen molar-refractivity contribution >= 4 is 10.0 Å². The summed E-state index contributed by atoms with van der Waals surface area (Å²) in [5.74, 6) is 0.223. The standard InChI is InChI=1S/C23H27FN4O5S/c1-32-18-5-8-20(9-6-18)34(30,31)26-21-10-7-19(33-23(21)15-29)11-12-28-14-22(25-27-28)16-3-2-4-17(24)13-16/h2-6,8-9,13-14,19,21,23,26,29H,7,10-12,15H2,1H3/t19-,21-,23+/m1/s1. The minimum absolute atomic E-state index is 0.118. The van der Waals surface area contributed by atoms with Gasteiger partial charge in [-0.1, -0.05) is 17.3 Å². The lowest BCUT2D eigenvalue weighted by atomic mass is 9.98. The largest absolute Gasteiger partial charge is 0.497 e. The van der Waals surface area contributed by atoms with Crippen LogP contribution in [0.1, 0.15) is 19.3 Å². The maximum absolute atomic E-state index is 13.4. The van der Waals surface area contributed by atoms with E-state index in [0.717, 1.165) is 0 Å². The molecule has 3 aromatic rings. The van der Waals surface area contributed by atoms with Crippen LogP contribution in [0.3, 0.4) is 0 Å². The Labute approximate surface area is 197 Å². The summed E-state index contributed by atoms with van der Waals surface area (Å²) in [6, 6.07) is 11.7. The molecule has 0 aliphatic carbocycles. The summed E-state index contributed by atoms with van der Waals surface area (Å²) in [6.07, 6.45) is 2.67. The fourth-order valence-electron chi connectivity index (χ4n) is 3.97. The Hall–Kier alpha value is -2.86. The molecule has 11 heteroatoms. The number of sulfonamides is 1. The van der Waals surface area contributed by atoms with Crippen molar-refractivity contribution in [2.75, 3.05) is 13.7 Å². The molecule has 2 aromatic carbocycles. The van der Waals surface area contributed by atoms with Gasteiger partial charge in [-0.15, -0.1) is 5.10 Å². The fourth-order valence-corrected chi connectivity index (χ4v) is 5.26. The van der Waals surface area contributed by atoms with Gasteiger partial charge in [0.05, 0.1) is 43.1 Å². The van der Waals surface area contributed by atoms with Crippen molar-refractivity contribution in [2.45, 2.75) is 49.0 Å². The van der Waals surface area contributed by atoms with Gasteiger partial charge in [0.1, 0.15) is 17.3 Å². The average molecular weight is 491 g/mol. The molecular weight excluding hydrogens is 463 g/mol. The highest BCUT2D eigenvalue weighted by Gasteiger charge is 2.34. The summed E-state index contributed by atoms with van der Waals surface area (Å²) in [4.78, 5) is 0.118. The molecule has 0 spiro atoms. The first-order valence-electron chi connectivity index (χ1n) is 11.0. The summed E-state index contributed by atoms with van der Waals surface area (Å²) >= 11 is 0. The van der Waals surface area contributed by atoms with Gasteiger partial charge >= 0.3 is 0 Å². The number of methoxy groups -OCH3 is 1. The van der Waals surface area contributed by atoms with Crippen LogP contribution in [-0.2, 0) is 21.3 Å². The molecular formula is C23H27FN4O5S. The van der Waals surface area contributed by atoms with Gasteiger partial charge in [-0.05, 0) is 55.7 Å². The Morgan fingerprint density at radius 1 is 1.24 bits per heavy atom. The number of aromatic nitrogens is 3. The second-order valence-corrected chi connectivity index (χ2v) is 9.84. The van der Waals surface area contributed by atoms with Crippen molar-refractivity contribution in [3.8, 4) is 17.0 Å². The maximum Gasteiger partial charge on any atom is 0.240 e. The van der Waals surface area contributed by atoms with Crippen molar-refractivity contribution < 1.29 is 27.4 Å². The summed E-state index contributed by atoms with van der Waals surface area (Å²) in [5.41, 5.74) is 1.22. The molecule has 1 aliphatic rings. The molecule has 1 fully saturated rings. The molecule has 0 saturated carbocycles. The molecule has 34 heavy (non-hydrogen) atoms. The van der Waals surface area contributed by atoms with E-state index >= 15 is 0 Å². The molecule has 182 valence electrons. The number of halogens is 1. The summed E-state index contributed by atoms with van der Waals surface area (Å²) in [5, 5.41) is 18.0. The second-order valence-electron chi connectivity index (χ2n) is 8.13. The number of aryl methyl sites for hydroxylation is 1. The third-order valence-electron chi connectivity index (χ3n) is 5.81. The van der Waals surface area contributed by atoms with Crippen LogP contribution in [0, 0.1) is 5.82 Å². The summed E-state index contributed by atoms with van der Waals surface area (Å²) in [6.45, 7) is 0.215. The normalized spacial score (nSPS) is 20.9. The van der Waals surface area contributed by atoms with Crippen molar-refractivity contribution in [1.82, 2.24) is 19.7 Å². The Morgan fingerprint density at radius 3 is 2.74 bits per heavy atom. The number of aliphatic hydroxyl groups is 1. The minimum Gasteiger partial charge on any atom is -0.497 e. The number of nitrogens with one attached hydrogen (secondary N) is 1. The van der Waals surface area contributed by atoms with E-state index in [2.05, 4.69) is 15.0 Å². The number of nitrogens with zero attached hydrogens (tertiary/aromatic N) is 3. The Morgan fingerprint density at radius 2 is 2.03 bits per heavy atom. The Bertz CT molecular complexity index is 1200. The highest BCUT2D eigenvalue weighted by Crippen LogP contribution is 2.25. The van der Waals surface area contributed by atoms with Crippen molar-refractivity contribution in [3.05, 3.63) is 60.5 Å². The monoisotopic (exact) mass is 490 g/mol. The van der Waals surface area contributed by atoms with Crippen LogP contribution in [0.4, 0.5) is 4.39 Å². The number of ether oxygens (including phenoxy) is 2. The van der Waals surface area contributed by atoms with E-state index in [9.17, 15) is 17.9 Å². The van der Waals surface area contributed by atoms with Crippen LogP contribution < -0.4 is 9.46 Å². The lowest BCUT2D eigenvalue weighted by Gasteiger charge is -2.36. The van der Waals surface area contributed by atoms with Crippen LogP contribution in [0.2, 0.25) is 0 Å². The first-order valence-corrected chi connectivity index (χ1v) is 12.4. The highest BCUT2D eigenvalue weighted by molar-refractivity contribution is 7.89. The van der Waals surface area contributed by atoms with Gasteiger partial charge in [0.15, 0.2) is 0 Å². The molecule has 0 unspecified atom stereocenters. The van der Waals surface area contributed by atoms with Crippen molar-refractivity contribution in [1.29, 1.82) is 0 Å². The van der Waals surface area contributed by atoms with E-state index in [1.807, 2.05) is 0 Å². The van der Waals surface area contributed by atoms with Crippen LogP contribution >= 0.6 is 0 Å². The Kier molecular flexibility index (Phi) is 7.57. The molecule has 2 heterocycles. The minimum atomic E-state index is -3.77. The van der Waals surface area contributed by atoms with E-state index in [-0.39, 0.29) is 23.4 Å². The van der Waals surface area contributed by atoms with E-state index in [4.69, 9.17) is 9.47 Å². The third-order valence-corrected chi connectivity index (χ3v) is 7.32. The predicted octanol–water partition coefficient (Wildman–Crippen LogP) is 2.37. The van der Waals surface area contributed by atoms with E-state index in [1.165, 1.54) is 31.4 Å². The zero-order valence-corrected chi connectivity index (χ0v) is 19.5. The first kappa shape index (κ1) is 24.3. The first-order chi connectivity index (χ1) is 16.4. The molecule has 0 bridgehead atoms. The molecule has 3 atom stereocenters. The lowest BCUT2D eigenvalue weighted by Crippen LogP contribution is -2.50. The van der Waals surface area contributed by atoms with E-state index in [0.29, 0.717) is 42.8 Å². The number of benzene rings is 2. The quantitative estimate of drug-likeness (QED) is 0.473. The third kappa shape index (κ3) is 5.79. The van der Waals surface area contributed by atoms with Crippen LogP contribution in [0.25, 0.3) is 11.3 Å². The molecule has 0 radical (unpaired) electrons. The molecule has 2 N–H and O–H groups in total. The smallest absolute Gasteiger partial charge is 0.240 e. The molecule has 1 aromatic heterocycles. The van der Waals surface area contributed by atoms with Gasteiger partial charge in [-0.25, -0.2) is 17.5 Å². The molecule has 1 saturated heterocycles. The molecule has 9 nitrogen and oxygen atoms in total. The number of rotatable bonds is 9. The van der Waals surface area contributed by atoms with Crippen LogP contribution in [0.5, 0.6) is 5.75 Å². The van der Waals surface area contributed by atoms with Gasteiger partial charge in [0.2, 0.25) is 10.0 Å². The van der Waals surface area contributed by atoms with Gasteiger partial charge in [-0.2, -0.15) is 0 Å². The van der Waals surface area contributed by atoms with Gasteiger partial charge in [-0.3, -0.25) is 4.68 Å². The SMILES string of the molecule is COc1ccc(S(=O)(=O)N[C@@H]2CC[C@H](CCn3cc(-c4cccc(F)c4)nn3)O[C@H]2CO)cc1. The average Bonchev–Trinajstić information content (AvgIpc) is 3.32. The van der Waals surface area contributed by atoms with Crippen molar-refractivity contribution in [2.24, 2.45) is 0 Å². The summed E-state index contributed by atoms with van der Waals surface area (Å²) in [7, 11) is -2.26. The number of hydrogen-bond acceptors (Lipinski definition) is 7. The van der Waals surface area contributed by atoms with E-state index in [1.54, 1.807) is 35.1 Å². The van der Waals surface area contributed by atoms with Crippen molar-refractivity contribution in [3.63, 3.8) is 0 Å². The van der Waals surface area contributed by atoms with E-state index < -0.39 is 22.2 Å². The molecule has 0 amide bonds. The van der Waals surface area contributed by atoms with Crippen LogP contribution in [-0.4, -0.2) is 60.5 Å². The summed E-state index contributed by atoms with van der Waals surface area (Å²) < 4.78 is 54.3. The van der Waals surface area contributed by atoms with Gasteiger partial charge in [0, 0.05) is 12.1 Å². The maximum atomic E-state index is 13.4. The topological polar surface area (TPSA) is 116 Å². The van der Waals surface area contributed by atoms with Crippen LogP contribution in [0.15, 0.2) is 59.6 Å². The zero-order valence-electron chi connectivity index (χ0n) is 18.7. The number of hydrogen-bond donors (Lipinski definition) is 2. The zero-order chi connectivity index (χ0) is 24.1. The Balaban J connectivity index is 1.33. The predicted molar refractivity (Wildman–Crippen MR) is 122 cm³/mol. The number of aliphatic hydroxyl groups excluding tert-OH is 1. The molecule has 1 aliphatic heterocycles. The fraction of sp³-hybridized carbons (Fsp3) is 0.391. The molecule has 4 rings (SSSR count). The van der Waals surface area contributed by atoms with Gasteiger partial charge < -0.3 is 14.6 Å². The highest BCUT2D eigenvalue weighted by atomic mass is 32.2. The van der Waals surface area contributed by atoms with Gasteiger partial charge in [0.25, 0.3) is 0 Å². The second kappa shape index (κ2) is 10.6. The lowest BCUT2D eigenvalue weighted by molar-refractivity contribution is -0.0891.